The van der Waals surface area contributed by atoms with Crippen LogP contribution in [0, 0.1) is 19.8 Å². The molecule has 2 aliphatic rings. The lowest BCUT2D eigenvalue weighted by Crippen LogP contribution is -2.48. The lowest BCUT2D eigenvalue weighted by molar-refractivity contribution is 0.0879. The van der Waals surface area contributed by atoms with Crippen LogP contribution in [0.1, 0.15) is 40.7 Å². The number of pyridine rings is 1. The maximum atomic E-state index is 12.8. The largest absolute Gasteiger partial charge is 0.369 e. The number of fused-ring (bicyclic) bond motifs is 1. The number of carbonyl (C=O) groups is 1. The van der Waals surface area contributed by atoms with Crippen molar-refractivity contribution in [2.45, 2.75) is 39.2 Å². The van der Waals surface area contributed by atoms with Crippen LogP contribution in [0.4, 0.5) is 5.69 Å². The maximum Gasteiger partial charge on any atom is 0.252 e. The standard InChI is InChI=1S/C28H34N4O/c1-20-6-3-10-27(21(20)2)32-16-14-31(15-17-32)13-11-22-18-23(19-22)30-28(33)25-7-4-9-26-24(25)8-5-12-29-26/h3-10,12,22-23H,11,13-19H2,1-2H3,(H,30,33). The Morgan fingerprint density at radius 2 is 1.79 bits per heavy atom. The van der Waals surface area contributed by atoms with Gasteiger partial charge in [-0.1, -0.05) is 24.3 Å². The molecule has 1 N–H and O–H groups in total. The van der Waals surface area contributed by atoms with Crippen molar-refractivity contribution in [2.24, 2.45) is 5.92 Å². The van der Waals surface area contributed by atoms with E-state index in [0.717, 1.165) is 61.4 Å². The average molecular weight is 443 g/mol. The zero-order chi connectivity index (χ0) is 22.8. The summed E-state index contributed by atoms with van der Waals surface area (Å²) in [4.78, 5) is 22.3. The number of carbonyl (C=O) groups excluding carboxylic acids is 1. The molecule has 0 radical (unpaired) electrons. The summed E-state index contributed by atoms with van der Waals surface area (Å²) >= 11 is 0. The first-order valence-electron chi connectivity index (χ1n) is 12.3. The van der Waals surface area contributed by atoms with E-state index in [0.29, 0.717) is 6.04 Å². The molecule has 0 atom stereocenters. The topological polar surface area (TPSA) is 48.5 Å². The third-order valence-electron chi connectivity index (χ3n) is 7.60. The van der Waals surface area contributed by atoms with E-state index in [1.165, 1.54) is 29.8 Å². The van der Waals surface area contributed by atoms with Gasteiger partial charge in [-0.3, -0.25) is 14.7 Å². The second kappa shape index (κ2) is 9.52. The van der Waals surface area contributed by atoms with Gasteiger partial charge in [0.1, 0.15) is 0 Å². The molecule has 1 amide bonds. The summed E-state index contributed by atoms with van der Waals surface area (Å²) in [6.45, 7) is 10.1. The summed E-state index contributed by atoms with van der Waals surface area (Å²) in [5, 5.41) is 4.16. The minimum Gasteiger partial charge on any atom is -0.369 e. The van der Waals surface area contributed by atoms with Gasteiger partial charge in [0.25, 0.3) is 5.91 Å². The number of nitrogens with zero attached hydrogens (tertiary/aromatic N) is 3. The predicted molar refractivity (Wildman–Crippen MR) is 135 cm³/mol. The van der Waals surface area contributed by atoms with E-state index in [2.05, 4.69) is 52.1 Å². The van der Waals surface area contributed by atoms with Gasteiger partial charge in [0, 0.05) is 55.1 Å². The number of aryl methyl sites for hydroxylation is 1. The van der Waals surface area contributed by atoms with Crippen LogP contribution in [0.2, 0.25) is 0 Å². The highest BCUT2D eigenvalue weighted by Gasteiger charge is 2.31. The fourth-order valence-corrected chi connectivity index (χ4v) is 5.31. The molecule has 0 bridgehead atoms. The minimum atomic E-state index is 0.0274. The molecule has 1 aliphatic carbocycles. The number of anilines is 1. The van der Waals surface area contributed by atoms with Gasteiger partial charge in [-0.2, -0.15) is 0 Å². The molecule has 1 saturated heterocycles. The van der Waals surface area contributed by atoms with E-state index in [9.17, 15) is 4.79 Å². The minimum absolute atomic E-state index is 0.0274. The molecule has 33 heavy (non-hydrogen) atoms. The quantitative estimate of drug-likeness (QED) is 0.607. The third-order valence-corrected chi connectivity index (χ3v) is 7.60. The SMILES string of the molecule is Cc1cccc(N2CCN(CCC3CC(NC(=O)c4cccc5ncccc45)C3)CC2)c1C. The number of benzene rings is 2. The second-order valence-corrected chi connectivity index (χ2v) is 9.72. The van der Waals surface area contributed by atoms with Crippen LogP contribution in [-0.4, -0.2) is 54.6 Å². The third kappa shape index (κ3) is 4.74. The first-order chi connectivity index (χ1) is 16.1. The maximum absolute atomic E-state index is 12.8. The Bertz CT molecular complexity index is 1120. The Morgan fingerprint density at radius 3 is 2.61 bits per heavy atom. The van der Waals surface area contributed by atoms with Crippen molar-refractivity contribution in [2.75, 3.05) is 37.6 Å². The van der Waals surface area contributed by atoms with Crippen LogP contribution in [-0.2, 0) is 0 Å². The lowest BCUT2D eigenvalue weighted by atomic mass is 9.78. The zero-order valence-corrected chi connectivity index (χ0v) is 19.8. The fourth-order valence-electron chi connectivity index (χ4n) is 5.31. The molecule has 1 saturated carbocycles. The lowest BCUT2D eigenvalue weighted by Gasteiger charge is -2.40. The number of hydrogen-bond acceptors (Lipinski definition) is 4. The molecule has 2 heterocycles. The number of amides is 1. The van der Waals surface area contributed by atoms with Crippen molar-refractivity contribution < 1.29 is 4.79 Å². The molecule has 5 nitrogen and oxygen atoms in total. The van der Waals surface area contributed by atoms with Crippen molar-refractivity contribution >= 4 is 22.5 Å². The van der Waals surface area contributed by atoms with Gasteiger partial charge in [0.2, 0.25) is 0 Å². The van der Waals surface area contributed by atoms with Crippen molar-refractivity contribution in [1.29, 1.82) is 0 Å². The van der Waals surface area contributed by atoms with Crippen LogP contribution in [0.25, 0.3) is 10.9 Å². The summed E-state index contributed by atoms with van der Waals surface area (Å²) in [5.74, 6) is 0.751. The molecular weight excluding hydrogens is 408 g/mol. The van der Waals surface area contributed by atoms with Crippen LogP contribution in [0.15, 0.2) is 54.7 Å². The van der Waals surface area contributed by atoms with E-state index in [1.807, 2.05) is 30.3 Å². The van der Waals surface area contributed by atoms with Gasteiger partial charge in [0.05, 0.1) is 5.52 Å². The molecule has 2 fully saturated rings. The van der Waals surface area contributed by atoms with Crippen molar-refractivity contribution in [3.05, 3.63) is 71.4 Å². The van der Waals surface area contributed by atoms with Crippen LogP contribution in [0.3, 0.4) is 0 Å². The van der Waals surface area contributed by atoms with Crippen LogP contribution >= 0.6 is 0 Å². The van der Waals surface area contributed by atoms with Gasteiger partial charge >= 0.3 is 0 Å². The monoisotopic (exact) mass is 442 g/mol. The van der Waals surface area contributed by atoms with Gasteiger partial charge in [-0.25, -0.2) is 0 Å². The first-order valence-corrected chi connectivity index (χ1v) is 12.3. The van der Waals surface area contributed by atoms with Gasteiger partial charge < -0.3 is 10.2 Å². The molecule has 0 unspecified atom stereocenters. The molecule has 2 aromatic carbocycles. The van der Waals surface area contributed by atoms with E-state index < -0.39 is 0 Å². The molecule has 1 aliphatic heterocycles. The fraction of sp³-hybridized carbons (Fsp3) is 0.429. The van der Waals surface area contributed by atoms with Crippen LogP contribution in [0.5, 0.6) is 0 Å². The summed E-state index contributed by atoms with van der Waals surface area (Å²) in [6.07, 6.45) is 5.19. The van der Waals surface area contributed by atoms with Crippen LogP contribution < -0.4 is 10.2 Å². The number of hydrogen-bond donors (Lipinski definition) is 1. The van der Waals surface area contributed by atoms with Crippen molar-refractivity contribution in [1.82, 2.24) is 15.2 Å². The molecule has 3 aromatic rings. The number of aromatic nitrogens is 1. The Balaban J connectivity index is 1.05. The predicted octanol–water partition coefficient (Wildman–Crippen LogP) is 4.57. The number of rotatable bonds is 6. The molecular formula is C28H34N4O. The first kappa shape index (κ1) is 21.9. The van der Waals surface area contributed by atoms with Crippen molar-refractivity contribution in [3.8, 4) is 0 Å². The molecule has 1 aromatic heterocycles. The molecule has 0 spiro atoms. The summed E-state index contributed by atoms with van der Waals surface area (Å²) in [6, 6.07) is 16.6. The smallest absolute Gasteiger partial charge is 0.252 e. The Kier molecular flexibility index (Phi) is 6.32. The van der Waals surface area contributed by atoms with E-state index >= 15 is 0 Å². The van der Waals surface area contributed by atoms with E-state index in [1.54, 1.807) is 6.20 Å². The summed E-state index contributed by atoms with van der Waals surface area (Å²) < 4.78 is 0. The number of nitrogens with one attached hydrogen (secondary N) is 1. The highest BCUT2D eigenvalue weighted by Crippen LogP contribution is 2.31. The second-order valence-electron chi connectivity index (χ2n) is 9.72. The Morgan fingerprint density at radius 1 is 1.00 bits per heavy atom. The molecule has 5 heteroatoms. The van der Waals surface area contributed by atoms with E-state index in [-0.39, 0.29) is 5.91 Å². The Hall–Kier alpha value is -2.92. The Labute approximate surface area is 196 Å². The van der Waals surface area contributed by atoms with E-state index in [4.69, 9.17) is 0 Å². The zero-order valence-electron chi connectivity index (χ0n) is 19.8. The highest BCUT2D eigenvalue weighted by atomic mass is 16.1. The molecule has 5 rings (SSSR count). The van der Waals surface area contributed by atoms with Gasteiger partial charge in [-0.05, 0) is 81.0 Å². The highest BCUT2D eigenvalue weighted by molar-refractivity contribution is 6.06. The summed E-state index contributed by atoms with van der Waals surface area (Å²) in [7, 11) is 0. The summed E-state index contributed by atoms with van der Waals surface area (Å²) in [5.41, 5.74) is 5.78. The molecule has 172 valence electrons. The average Bonchev–Trinajstić information content (AvgIpc) is 2.82. The van der Waals surface area contributed by atoms with Gasteiger partial charge in [-0.15, -0.1) is 0 Å². The van der Waals surface area contributed by atoms with Crippen molar-refractivity contribution in [3.63, 3.8) is 0 Å². The number of piperazine rings is 1. The van der Waals surface area contributed by atoms with Gasteiger partial charge in [0.15, 0.2) is 0 Å². The normalized spacial score (nSPS) is 21.1.